The van der Waals surface area contributed by atoms with Crippen molar-refractivity contribution in [3.8, 4) is 11.4 Å². The molecular weight excluding hydrogens is 382 g/mol. The van der Waals surface area contributed by atoms with Gasteiger partial charge in [-0.3, -0.25) is 9.20 Å². The van der Waals surface area contributed by atoms with Crippen LogP contribution in [0.5, 0.6) is 0 Å². The number of hydrogen-bond acceptors (Lipinski definition) is 5. The molecule has 0 unspecified atom stereocenters. The van der Waals surface area contributed by atoms with E-state index in [1.807, 2.05) is 47.2 Å². The molecule has 0 saturated heterocycles. The van der Waals surface area contributed by atoms with E-state index in [1.165, 1.54) is 11.3 Å². The average Bonchev–Trinajstić information content (AvgIpc) is 3.26. The van der Waals surface area contributed by atoms with Gasteiger partial charge in [0.05, 0.1) is 16.4 Å². The number of carbonyl (C=O) groups excluding carboxylic acids is 1. The number of fused-ring (bicyclic) bond motifs is 1. The number of rotatable bonds is 4. The molecule has 8 heteroatoms. The highest BCUT2D eigenvalue weighted by Crippen LogP contribution is 2.31. The molecule has 2 N–H and O–H groups in total. The van der Waals surface area contributed by atoms with Crippen molar-refractivity contribution in [2.75, 3.05) is 12.4 Å². The molecule has 27 heavy (non-hydrogen) atoms. The van der Waals surface area contributed by atoms with Gasteiger partial charge in [0.25, 0.3) is 5.91 Å². The summed E-state index contributed by atoms with van der Waals surface area (Å²) in [6, 6.07) is 11.0. The number of anilines is 2. The van der Waals surface area contributed by atoms with Crippen LogP contribution in [-0.2, 0) is 0 Å². The zero-order chi connectivity index (χ0) is 19.0. The van der Waals surface area contributed by atoms with E-state index in [0.29, 0.717) is 10.6 Å². The Morgan fingerprint density at radius 3 is 2.70 bits per heavy atom. The van der Waals surface area contributed by atoms with Crippen molar-refractivity contribution in [3.63, 3.8) is 0 Å². The molecule has 0 radical (unpaired) electrons. The van der Waals surface area contributed by atoms with Gasteiger partial charge < -0.3 is 10.6 Å². The molecule has 0 aliphatic carbocycles. The van der Waals surface area contributed by atoms with Crippen LogP contribution in [0.3, 0.4) is 0 Å². The molecule has 6 nitrogen and oxygen atoms in total. The molecule has 0 fully saturated rings. The molecule has 0 spiro atoms. The van der Waals surface area contributed by atoms with E-state index in [9.17, 15) is 4.79 Å². The summed E-state index contributed by atoms with van der Waals surface area (Å²) in [4.78, 5) is 20.9. The molecular formula is C19H16ClN5OS. The number of aryl methyl sites for hydroxylation is 1. The molecule has 3 aromatic heterocycles. The van der Waals surface area contributed by atoms with E-state index in [2.05, 4.69) is 20.6 Å². The van der Waals surface area contributed by atoms with Gasteiger partial charge in [-0.2, -0.15) is 0 Å². The fourth-order valence-electron chi connectivity index (χ4n) is 2.87. The van der Waals surface area contributed by atoms with Gasteiger partial charge in [-0.25, -0.2) is 9.97 Å². The van der Waals surface area contributed by atoms with Gasteiger partial charge in [0.2, 0.25) is 0 Å². The molecule has 1 aromatic carbocycles. The number of aromatic nitrogens is 3. The van der Waals surface area contributed by atoms with Crippen molar-refractivity contribution in [3.05, 3.63) is 64.3 Å². The summed E-state index contributed by atoms with van der Waals surface area (Å²) in [7, 11) is 1.61. The molecule has 4 rings (SSSR count). The summed E-state index contributed by atoms with van der Waals surface area (Å²) < 4.78 is 1.95. The molecule has 0 aliphatic rings. The summed E-state index contributed by atoms with van der Waals surface area (Å²) in [5.74, 6) is -0.111. The third-order valence-electron chi connectivity index (χ3n) is 4.15. The number of hydrogen-bond donors (Lipinski definition) is 2. The van der Waals surface area contributed by atoms with Gasteiger partial charge in [0, 0.05) is 29.9 Å². The molecule has 1 amide bonds. The van der Waals surface area contributed by atoms with Gasteiger partial charge in [-0.15, -0.1) is 11.3 Å². The summed E-state index contributed by atoms with van der Waals surface area (Å²) in [6.07, 6.45) is 1.93. The van der Waals surface area contributed by atoms with Crippen molar-refractivity contribution in [2.45, 2.75) is 6.92 Å². The molecule has 0 bridgehead atoms. The van der Waals surface area contributed by atoms with Crippen LogP contribution < -0.4 is 10.6 Å². The fraction of sp³-hybridized carbons (Fsp3) is 0.105. The molecule has 0 saturated carbocycles. The van der Waals surface area contributed by atoms with Crippen molar-refractivity contribution in [2.24, 2.45) is 0 Å². The van der Waals surface area contributed by atoms with Crippen molar-refractivity contribution < 1.29 is 4.79 Å². The standard InChI is InChI=1S/C19H16ClN5OS/c1-11-16(25-9-3-4-14(20)17(25)22-11)15-10-27-19(24-15)23-13-7-5-12(6-8-13)18(26)21-2/h3-10H,1-2H3,(H,21,26)(H,23,24). The topological polar surface area (TPSA) is 71.3 Å². The van der Waals surface area contributed by atoms with E-state index in [1.54, 1.807) is 19.2 Å². The largest absolute Gasteiger partial charge is 0.355 e. The Hall–Kier alpha value is -2.90. The van der Waals surface area contributed by atoms with Gasteiger partial charge in [-0.05, 0) is 43.3 Å². The highest BCUT2D eigenvalue weighted by molar-refractivity contribution is 7.14. The highest BCUT2D eigenvalue weighted by Gasteiger charge is 2.15. The maximum atomic E-state index is 11.6. The Kier molecular flexibility index (Phi) is 4.55. The number of benzene rings is 1. The van der Waals surface area contributed by atoms with Crippen molar-refractivity contribution in [1.29, 1.82) is 0 Å². The number of halogens is 1. The van der Waals surface area contributed by atoms with Crippen LogP contribution in [0.2, 0.25) is 5.02 Å². The second-order valence-corrected chi connectivity index (χ2v) is 7.18. The lowest BCUT2D eigenvalue weighted by Crippen LogP contribution is -2.17. The lowest BCUT2D eigenvalue weighted by atomic mass is 10.2. The molecule has 3 heterocycles. The third kappa shape index (κ3) is 3.27. The predicted molar refractivity (Wildman–Crippen MR) is 109 cm³/mol. The number of pyridine rings is 1. The maximum Gasteiger partial charge on any atom is 0.251 e. The smallest absolute Gasteiger partial charge is 0.251 e. The summed E-state index contributed by atoms with van der Waals surface area (Å²) >= 11 is 7.75. The first-order chi connectivity index (χ1) is 13.1. The number of nitrogens with zero attached hydrogens (tertiary/aromatic N) is 3. The molecule has 136 valence electrons. The van der Waals surface area contributed by atoms with Crippen LogP contribution in [0.4, 0.5) is 10.8 Å². The lowest BCUT2D eigenvalue weighted by Gasteiger charge is -2.04. The number of thiazole rings is 1. The van der Waals surface area contributed by atoms with Crippen LogP contribution in [0.1, 0.15) is 16.1 Å². The Bertz CT molecular complexity index is 1130. The van der Waals surface area contributed by atoms with Gasteiger partial charge >= 0.3 is 0 Å². The van der Waals surface area contributed by atoms with E-state index < -0.39 is 0 Å². The predicted octanol–water partition coefficient (Wildman–Crippen LogP) is 4.52. The average molecular weight is 398 g/mol. The van der Waals surface area contributed by atoms with E-state index >= 15 is 0 Å². The van der Waals surface area contributed by atoms with Crippen LogP contribution >= 0.6 is 22.9 Å². The van der Waals surface area contributed by atoms with Crippen molar-refractivity contribution >= 4 is 45.3 Å². The highest BCUT2D eigenvalue weighted by atomic mass is 35.5. The Morgan fingerprint density at radius 2 is 1.96 bits per heavy atom. The fourth-order valence-corrected chi connectivity index (χ4v) is 3.79. The van der Waals surface area contributed by atoms with Gasteiger partial charge in [0.15, 0.2) is 10.8 Å². The van der Waals surface area contributed by atoms with E-state index in [-0.39, 0.29) is 5.91 Å². The normalized spacial score (nSPS) is 10.9. The second-order valence-electron chi connectivity index (χ2n) is 5.91. The van der Waals surface area contributed by atoms with Crippen LogP contribution in [0.15, 0.2) is 48.0 Å². The summed E-state index contributed by atoms with van der Waals surface area (Å²) in [5.41, 5.74) is 4.82. The first kappa shape index (κ1) is 17.5. The number of nitrogens with one attached hydrogen (secondary N) is 2. The first-order valence-electron chi connectivity index (χ1n) is 8.25. The minimum Gasteiger partial charge on any atom is -0.355 e. The minimum absolute atomic E-state index is 0.111. The van der Waals surface area contributed by atoms with Crippen LogP contribution in [-0.4, -0.2) is 27.3 Å². The maximum absolute atomic E-state index is 11.6. The van der Waals surface area contributed by atoms with Crippen LogP contribution in [0.25, 0.3) is 17.0 Å². The zero-order valence-corrected chi connectivity index (χ0v) is 16.2. The quantitative estimate of drug-likeness (QED) is 0.531. The van der Waals surface area contributed by atoms with E-state index in [4.69, 9.17) is 11.6 Å². The minimum atomic E-state index is -0.111. The lowest BCUT2D eigenvalue weighted by molar-refractivity contribution is 0.0963. The number of carbonyl (C=O) groups is 1. The van der Waals surface area contributed by atoms with Gasteiger partial charge in [0.1, 0.15) is 5.69 Å². The summed E-state index contributed by atoms with van der Waals surface area (Å²) in [6.45, 7) is 1.95. The molecule has 0 aliphatic heterocycles. The van der Waals surface area contributed by atoms with Crippen molar-refractivity contribution in [1.82, 2.24) is 19.7 Å². The monoisotopic (exact) mass is 397 g/mol. The van der Waals surface area contributed by atoms with E-state index in [0.717, 1.165) is 33.5 Å². The number of amides is 1. The SMILES string of the molecule is CNC(=O)c1ccc(Nc2nc(-c3c(C)nc4c(Cl)cccn34)cs2)cc1. The zero-order valence-electron chi connectivity index (χ0n) is 14.7. The number of imidazole rings is 1. The summed E-state index contributed by atoms with van der Waals surface area (Å²) in [5, 5.41) is 9.23. The second kappa shape index (κ2) is 7.02. The molecule has 4 aromatic rings. The Morgan fingerprint density at radius 1 is 1.19 bits per heavy atom. The van der Waals surface area contributed by atoms with Gasteiger partial charge in [-0.1, -0.05) is 11.6 Å². The van der Waals surface area contributed by atoms with Crippen LogP contribution in [0, 0.1) is 6.92 Å². The Balaban J connectivity index is 1.62. The first-order valence-corrected chi connectivity index (χ1v) is 9.51. The Labute approximate surface area is 164 Å². The molecule has 0 atom stereocenters. The third-order valence-corrected chi connectivity index (χ3v) is 5.20.